The van der Waals surface area contributed by atoms with Crippen LogP contribution in [0.25, 0.3) is 16.8 Å². The van der Waals surface area contributed by atoms with Crippen molar-refractivity contribution in [2.75, 3.05) is 44.7 Å². The number of hydrogen-bond acceptors (Lipinski definition) is 7. The lowest BCUT2D eigenvalue weighted by Gasteiger charge is -2.36. The molecule has 2 aliphatic rings. The third kappa shape index (κ3) is 4.60. The number of hydrogen-bond donors (Lipinski definition) is 1. The zero-order chi connectivity index (χ0) is 24.5. The molecule has 3 aromatic rings. The van der Waals surface area contributed by atoms with Gasteiger partial charge in [0.2, 0.25) is 17.7 Å². The maximum absolute atomic E-state index is 11.7. The maximum Gasteiger partial charge on any atom is 0.240 e. The smallest absolute Gasteiger partial charge is 0.240 e. The third-order valence-electron chi connectivity index (χ3n) is 6.87. The molecule has 10 nitrogen and oxygen atoms in total. The van der Waals surface area contributed by atoms with Crippen LogP contribution in [0.15, 0.2) is 36.7 Å². The Kier molecular flexibility index (Phi) is 6.19. The van der Waals surface area contributed by atoms with E-state index in [1.54, 1.807) is 24.7 Å². The van der Waals surface area contributed by atoms with E-state index in [9.17, 15) is 9.59 Å². The lowest BCUT2D eigenvalue weighted by Crippen LogP contribution is -2.48. The van der Waals surface area contributed by atoms with Crippen LogP contribution in [0.3, 0.4) is 0 Å². The fraction of sp³-hybridized carbons (Fsp3) is 0.440. The zero-order valence-corrected chi connectivity index (χ0v) is 20.2. The van der Waals surface area contributed by atoms with Crippen LogP contribution in [0, 0.1) is 5.92 Å². The number of anilines is 1. The van der Waals surface area contributed by atoms with Crippen molar-refractivity contribution in [2.24, 2.45) is 5.92 Å². The van der Waals surface area contributed by atoms with Crippen molar-refractivity contribution in [3.05, 3.63) is 36.7 Å². The topological polar surface area (TPSA) is 101 Å². The summed E-state index contributed by atoms with van der Waals surface area (Å²) >= 11 is 0. The van der Waals surface area contributed by atoms with E-state index < -0.39 is 0 Å². The summed E-state index contributed by atoms with van der Waals surface area (Å²) in [6, 6.07) is 7.88. The number of benzene rings is 1. The van der Waals surface area contributed by atoms with Gasteiger partial charge in [0.15, 0.2) is 0 Å². The molecule has 184 valence electrons. The van der Waals surface area contributed by atoms with Gasteiger partial charge in [-0.3, -0.25) is 9.59 Å². The summed E-state index contributed by atoms with van der Waals surface area (Å²) in [5.41, 5.74) is 3.34. The molecule has 10 heteroatoms. The number of carbonyl (C=O) groups excluding carboxylic acids is 2. The number of nitrogens with zero attached hydrogens (tertiary/aromatic N) is 5. The van der Waals surface area contributed by atoms with Gasteiger partial charge in [-0.2, -0.15) is 5.10 Å². The molecule has 35 heavy (non-hydrogen) atoms. The normalized spacial score (nSPS) is 19.1. The zero-order valence-electron chi connectivity index (χ0n) is 20.2. The van der Waals surface area contributed by atoms with E-state index in [2.05, 4.69) is 15.3 Å². The average molecular weight is 479 g/mol. The second-order valence-corrected chi connectivity index (χ2v) is 9.06. The van der Waals surface area contributed by atoms with Gasteiger partial charge in [0.25, 0.3) is 0 Å². The molecular formula is C25H30N6O4. The lowest BCUT2D eigenvalue weighted by molar-refractivity contribution is -0.129. The van der Waals surface area contributed by atoms with Gasteiger partial charge < -0.3 is 24.6 Å². The molecule has 0 spiro atoms. The molecule has 2 aliphatic heterocycles. The van der Waals surface area contributed by atoms with Gasteiger partial charge in [-0.15, -0.1) is 0 Å². The van der Waals surface area contributed by atoms with Crippen molar-refractivity contribution in [1.29, 1.82) is 0 Å². The number of piperazine rings is 1. The monoisotopic (exact) mass is 478 g/mol. The lowest BCUT2D eigenvalue weighted by atomic mass is 10.0. The molecule has 0 bridgehead atoms. The summed E-state index contributed by atoms with van der Waals surface area (Å²) in [6.45, 7) is 7.07. The predicted molar refractivity (Wildman–Crippen MR) is 131 cm³/mol. The van der Waals surface area contributed by atoms with E-state index >= 15 is 0 Å². The van der Waals surface area contributed by atoms with Gasteiger partial charge in [-0.25, -0.2) is 9.50 Å². The molecule has 5 rings (SSSR count). The molecule has 2 fully saturated rings. The minimum atomic E-state index is -0.180. The molecule has 2 aromatic heterocycles. The number of fused-ring (bicyclic) bond motifs is 1. The first-order chi connectivity index (χ1) is 16.9. The van der Waals surface area contributed by atoms with Crippen LogP contribution in [0.5, 0.6) is 11.6 Å². The third-order valence-corrected chi connectivity index (χ3v) is 6.87. The Morgan fingerprint density at radius 1 is 1.20 bits per heavy atom. The molecule has 0 saturated carbocycles. The van der Waals surface area contributed by atoms with Gasteiger partial charge in [0.1, 0.15) is 17.4 Å². The summed E-state index contributed by atoms with van der Waals surface area (Å²) in [7, 11) is 1.66. The largest absolute Gasteiger partial charge is 0.495 e. The number of ether oxygens (including phenoxy) is 2. The Morgan fingerprint density at radius 2 is 2.00 bits per heavy atom. The fourth-order valence-corrected chi connectivity index (χ4v) is 4.72. The predicted octanol–water partition coefficient (Wildman–Crippen LogP) is 1.98. The van der Waals surface area contributed by atoms with Crippen molar-refractivity contribution in [1.82, 2.24) is 24.8 Å². The Balaban J connectivity index is 1.42. The maximum atomic E-state index is 11.7. The van der Waals surface area contributed by atoms with Crippen molar-refractivity contribution >= 4 is 23.0 Å². The highest BCUT2D eigenvalue weighted by molar-refractivity contribution is 5.78. The van der Waals surface area contributed by atoms with Crippen molar-refractivity contribution in [2.45, 2.75) is 26.4 Å². The van der Waals surface area contributed by atoms with Crippen LogP contribution >= 0.6 is 0 Å². The Hall–Kier alpha value is -3.82. The molecule has 0 radical (unpaired) electrons. The van der Waals surface area contributed by atoms with E-state index in [-0.39, 0.29) is 23.8 Å². The first-order valence-corrected chi connectivity index (χ1v) is 11.9. The molecule has 1 N–H and O–H groups in total. The Labute approximate surface area is 203 Å². The number of rotatable bonds is 6. The van der Waals surface area contributed by atoms with Crippen LogP contribution in [0.2, 0.25) is 0 Å². The highest BCUT2D eigenvalue weighted by atomic mass is 16.5. The van der Waals surface area contributed by atoms with E-state index in [4.69, 9.17) is 14.5 Å². The van der Waals surface area contributed by atoms with Gasteiger partial charge in [-0.05, 0) is 25.1 Å². The molecule has 2 saturated heterocycles. The molecule has 1 aromatic carbocycles. The number of methoxy groups -OCH3 is 1. The Bertz CT molecular complexity index is 1250. The van der Waals surface area contributed by atoms with Crippen molar-refractivity contribution < 1.29 is 19.1 Å². The molecule has 2 atom stereocenters. The van der Waals surface area contributed by atoms with Crippen molar-refractivity contribution in [3.8, 4) is 22.9 Å². The fourth-order valence-electron chi connectivity index (χ4n) is 4.72. The highest BCUT2D eigenvalue weighted by Crippen LogP contribution is 2.34. The van der Waals surface area contributed by atoms with Crippen molar-refractivity contribution in [3.63, 3.8) is 0 Å². The van der Waals surface area contributed by atoms with E-state index in [0.29, 0.717) is 37.6 Å². The van der Waals surface area contributed by atoms with Gasteiger partial charge >= 0.3 is 0 Å². The minimum absolute atomic E-state index is 0.0524. The summed E-state index contributed by atoms with van der Waals surface area (Å²) < 4.78 is 13.7. The summed E-state index contributed by atoms with van der Waals surface area (Å²) in [4.78, 5) is 32.2. The standard InChI is InChI=1S/C25H30N6O4/c1-16(19-13-24(33)26-14-19)35-25-22-6-7-27-31(22)15-20(28-25)18-4-5-21(23(12-18)34-3)30-10-8-29(9-11-30)17(2)32/h4-7,12,15-16,19H,8-11,13-14H2,1-3H3,(H,26,33). The van der Waals surface area contributed by atoms with Crippen LogP contribution in [0.1, 0.15) is 20.3 Å². The second-order valence-electron chi connectivity index (χ2n) is 9.06. The minimum Gasteiger partial charge on any atom is -0.495 e. The second kappa shape index (κ2) is 9.44. The van der Waals surface area contributed by atoms with Gasteiger partial charge in [0.05, 0.1) is 30.9 Å². The van der Waals surface area contributed by atoms with E-state index in [1.165, 1.54) is 0 Å². The van der Waals surface area contributed by atoms with Gasteiger partial charge in [-0.1, -0.05) is 6.07 Å². The molecule has 0 aliphatic carbocycles. The molecule has 4 heterocycles. The van der Waals surface area contributed by atoms with Crippen LogP contribution in [0.4, 0.5) is 5.69 Å². The SMILES string of the molecule is COc1cc(-c2cn3nccc3c(OC(C)C3CNC(=O)C3)n2)ccc1N1CCN(C(C)=O)CC1. The number of carbonyl (C=O) groups is 2. The van der Waals surface area contributed by atoms with Crippen LogP contribution in [-0.2, 0) is 9.59 Å². The first-order valence-electron chi connectivity index (χ1n) is 11.9. The van der Waals surface area contributed by atoms with Gasteiger partial charge in [0, 0.05) is 57.5 Å². The first kappa shape index (κ1) is 22.9. The highest BCUT2D eigenvalue weighted by Gasteiger charge is 2.29. The number of nitrogens with one attached hydrogen (secondary N) is 1. The van der Waals surface area contributed by atoms with E-state index in [0.717, 1.165) is 35.6 Å². The molecular weight excluding hydrogens is 448 g/mol. The quantitative estimate of drug-likeness (QED) is 0.578. The van der Waals surface area contributed by atoms with E-state index in [1.807, 2.05) is 42.3 Å². The summed E-state index contributed by atoms with van der Waals surface area (Å²) in [5.74, 6) is 1.48. The summed E-state index contributed by atoms with van der Waals surface area (Å²) in [5, 5.41) is 7.26. The van der Waals surface area contributed by atoms with Crippen LogP contribution in [-0.4, -0.2) is 77.2 Å². The summed E-state index contributed by atoms with van der Waals surface area (Å²) in [6.07, 6.45) is 3.85. The molecule has 2 amide bonds. The Morgan fingerprint density at radius 3 is 2.69 bits per heavy atom. The number of amides is 2. The van der Waals surface area contributed by atoms with Crippen LogP contribution < -0.4 is 19.7 Å². The number of aromatic nitrogens is 3. The average Bonchev–Trinajstić information content (AvgIpc) is 3.53. The molecule has 2 unspecified atom stereocenters.